The van der Waals surface area contributed by atoms with Crippen molar-refractivity contribution in [2.75, 3.05) is 5.32 Å². The van der Waals surface area contributed by atoms with E-state index in [9.17, 15) is 49.7 Å². The molecule has 0 aliphatic carbocycles. The number of carbonyl (C=O) groups is 1. The van der Waals surface area contributed by atoms with E-state index in [-0.39, 0.29) is 22.6 Å². The van der Waals surface area contributed by atoms with E-state index in [0.29, 0.717) is 24.3 Å². The Morgan fingerprint density at radius 2 is 1.36 bits per heavy atom. The van der Waals surface area contributed by atoms with Crippen LogP contribution in [-0.2, 0) is 37.3 Å². The fourth-order valence-electron chi connectivity index (χ4n) is 3.40. The van der Waals surface area contributed by atoms with E-state index in [2.05, 4.69) is 35.7 Å². The SMILES string of the molecule is O=C([O-])c1ccc(S(=O)(=O)[O-])cc1N=NC(N=Nc1cc(S(=O)(=O)[O-])cc(Nc2nc(F)cc(F)n2)c1[O-])c1ccccc1.[Cu+2]. The van der Waals surface area contributed by atoms with E-state index < -0.39 is 88.4 Å². The molecule has 0 spiro atoms. The van der Waals surface area contributed by atoms with E-state index in [1.54, 1.807) is 6.07 Å². The number of aromatic nitrogens is 2. The number of nitrogens with zero attached hydrogens (tertiary/aromatic N) is 6. The van der Waals surface area contributed by atoms with Gasteiger partial charge in [0.15, 0.2) is 0 Å². The summed E-state index contributed by atoms with van der Waals surface area (Å²) in [5.74, 6) is -6.40. The number of rotatable bonds is 10. The number of anilines is 2. The first kappa shape index (κ1) is 34.7. The molecule has 0 aliphatic rings. The molecule has 4 rings (SSSR count). The fourth-order valence-corrected chi connectivity index (χ4v) is 4.41. The number of carbonyl (C=O) groups excluding carboxylic acids is 1. The van der Waals surface area contributed by atoms with Gasteiger partial charge < -0.3 is 29.4 Å². The van der Waals surface area contributed by atoms with Gasteiger partial charge in [0.05, 0.1) is 27.1 Å². The van der Waals surface area contributed by atoms with Gasteiger partial charge in [0.2, 0.25) is 24.0 Å². The van der Waals surface area contributed by atoms with Gasteiger partial charge in [-0.2, -0.15) is 39.2 Å². The molecule has 0 amide bonds. The van der Waals surface area contributed by atoms with Crippen LogP contribution in [0, 0.1) is 11.9 Å². The maximum atomic E-state index is 13.5. The molecule has 1 heterocycles. The maximum absolute atomic E-state index is 13.5. The Morgan fingerprint density at radius 1 is 0.800 bits per heavy atom. The van der Waals surface area contributed by atoms with E-state index >= 15 is 0 Å². The molecule has 3 aromatic carbocycles. The fraction of sp³-hybridized carbons (Fsp3) is 0.0417. The second kappa shape index (κ2) is 13.9. The van der Waals surface area contributed by atoms with Crippen LogP contribution >= 0.6 is 0 Å². The second-order valence-corrected chi connectivity index (χ2v) is 11.1. The molecule has 0 saturated carbocycles. The maximum Gasteiger partial charge on any atom is 2.00 e. The third-order valence-corrected chi connectivity index (χ3v) is 7.01. The third kappa shape index (κ3) is 8.88. The number of hydrogen-bond donors (Lipinski definition) is 1. The van der Waals surface area contributed by atoms with Crippen molar-refractivity contribution in [3.8, 4) is 5.75 Å². The van der Waals surface area contributed by atoms with Gasteiger partial charge in [0, 0.05) is 22.9 Å². The summed E-state index contributed by atoms with van der Waals surface area (Å²) in [7, 11) is -10.3. The minimum atomic E-state index is -5.24. The molecule has 0 aliphatic heterocycles. The Morgan fingerprint density at radius 3 is 1.91 bits per heavy atom. The summed E-state index contributed by atoms with van der Waals surface area (Å²) in [5, 5.41) is 41.7. The topological polar surface area (TPSA) is 265 Å². The summed E-state index contributed by atoms with van der Waals surface area (Å²) in [6.07, 6.45) is -1.51. The molecule has 0 fully saturated rings. The summed E-state index contributed by atoms with van der Waals surface area (Å²) >= 11 is 0. The quantitative estimate of drug-likeness (QED) is 0.108. The Hall–Kier alpha value is -4.79. The Kier molecular flexibility index (Phi) is 10.7. The van der Waals surface area contributed by atoms with Crippen LogP contribution in [0.5, 0.6) is 5.75 Å². The third-order valence-electron chi connectivity index (χ3n) is 5.37. The summed E-state index contributed by atoms with van der Waals surface area (Å²) in [4.78, 5) is 16.1. The van der Waals surface area contributed by atoms with Crippen LogP contribution in [0.15, 0.2) is 97.0 Å². The van der Waals surface area contributed by atoms with Gasteiger partial charge in [-0.05, 0) is 30.3 Å². The molecule has 1 radical (unpaired) electrons. The number of aromatic carboxylic acids is 1. The number of halogens is 2. The van der Waals surface area contributed by atoms with Crippen LogP contribution in [0.4, 0.5) is 31.8 Å². The van der Waals surface area contributed by atoms with E-state index in [1.807, 2.05) is 0 Å². The average molecular weight is 709 g/mol. The van der Waals surface area contributed by atoms with Crippen LogP contribution in [0.25, 0.3) is 0 Å². The minimum Gasteiger partial charge on any atom is -0.870 e. The standard InChI is InChI=1S/C24H17F2N7O9S2.Cu/c25-19-11-20(26)29-24(28-19)27-17-9-14(44(40,41)42)10-18(21(17)34)31-33-22(12-4-2-1-3-5-12)32-30-16-8-13(43(37,38)39)6-7-15(16)23(35)36;/h1-11,22,34H,(H,35,36)(H,27,28,29)(H,37,38,39)(H,40,41,42);/q;+2/p-4. The zero-order valence-corrected chi connectivity index (χ0v) is 24.2. The van der Waals surface area contributed by atoms with Crippen molar-refractivity contribution in [2.24, 2.45) is 20.5 Å². The molecule has 1 aromatic heterocycles. The Bertz CT molecular complexity index is 2020. The first-order valence-electron chi connectivity index (χ1n) is 11.6. The molecule has 21 heteroatoms. The average Bonchev–Trinajstić information content (AvgIpc) is 2.93. The second-order valence-electron chi connectivity index (χ2n) is 8.37. The van der Waals surface area contributed by atoms with Crippen molar-refractivity contribution in [1.29, 1.82) is 0 Å². The zero-order valence-electron chi connectivity index (χ0n) is 21.7. The van der Waals surface area contributed by atoms with Crippen molar-refractivity contribution in [2.45, 2.75) is 16.0 Å². The minimum absolute atomic E-state index is 0. The molecule has 1 N–H and O–H groups in total. The monoisotopic (exact) mass is 708 g/mol. The van der Waals surface area contributed by atoms with Gasteiger partial charge in [0.25, 0.3) is 0 Å². The molecule has 1 atom stereocenters. The van der Waals surface area contributed by atoms with E-state index in [0.717, 1.165) is 12.1 Å². The Balaban J connectivity index is 0.00000552. The van der Waals surface area contributed by atoms with Crippen LogP contribution in [0.3, 0.4) is 0 Å². The van der Waals surface area contributed by atoms with E-state index in [1.165, 1.54) is 24.3 Å². The zero-order chi connectivity index (χ0) is 32.2. The van der Waals surface area contributed by atoms with Gasteiger partial charge in [-0.25, -0.2) is 16.8 Å². The summed E-state index contributed by atoms with van der Waals surface area (Å²) in [6, 6.07) is 11.1. The smallest absolute Gasteiger partial charge is 0.870 e. The Labute approximate surface area is 262 Å². The van der Waals surface area contributed by atoms with Gasteiger partial charge in [-0.3, -0.25) is 0 Å². The summed E-state index contributed by atoms with van der Waals surface area (Å²) < 4.78 is 96.5. The number of carboxylic acid groups (broad SMARTS) is 1. The number of carboxylic acids is 1. The molecule has 45 heavy (non-hydrogen) atoms. The molecule has 16 nitrogen and oxygen atoms in total. The molecular weight excluding hydrogens is 696 g/mol. The van der Waals surface area contributed by atoms with Gasteiger partial charge in [-0.15, -0.1) is 0 Å². The van der Waals surface area contributed by atoms with Crippen molar-refractivity contribution < 1.29 is 66.8 Å². The molecule has 4 aromatic rings. The molecule has 0 bridgehead atoms. The predicted octanol–water partition coefficient (Wildman–Crippen LogP) is 2.31. The summed E-state index contributed by atoms with van der Waals surface area (Å²) in [6.45, 7) is 0. The van der Waals surface area contributed by atoms with Crippen LogP contribution in [0.1, 0.15) is 22.1 Å². The number of nitrogens with one attached hydrogen (secondary N) is 1. The van der Waals surface area contributed by atoms with Crippen LogP contribution in [-0.4, -0.2) is 41.9 Å². The molecule has 1 unspecified atom stereocenters. The molecule has 237 valence electrons. The largest absolute Gasteiger partial charge is 2.00 e. The van der Waals surface area contributed by atoms with Crippen LogP contribution in [0.2, 0.25) is 0 Å². The molecule has 0 saturated heterocycles. The van der Waals surface area contributed by atoms with E-state index in [4.69, 9.17) is 0 Å². The van der Waals surface area contributed by atoms with Crippen molar-refractivity contribution in [3.05, 3.63) is 89.8 Å². The van der Waals surface area contributed by atoms with Crippen molar-refractivity contribution in [3.63, 3.8) is 0 Å². The number of benzene rings is 3. The van der Waals surface area contributed by atoms with Gasteiger partial charge in [0.1, 0.15) is 20.2 Å². The van der Waals surface area contributed by atoms with Crippen molar-refractivity contribution in [1.82, 2.24) is 9.97 Å². The normalized spacial score (nSPS) is 12.6. The van der Waals surface area contributed by atoms with Crippen molar-refractivity contribution >= 4 is 49.2 Å². The number of azo groups is 2. The van der Waals surface area contributed by atoms with Gasteiger partial charge in [-0.1, -0.05) is 36.1 Å². The first-order valence-corrected chi connectivity index (χ1v) is 14.4. The first-order chi connectivity index (χ1) is 20.6. The van der Waals surface area contributed by atoms with Crippen LogP contribution < -0.4 is 15.5 Å². The molecular formula is C24H13CuF2N7O9S2-2. The summed E-state index contributed by atoms with van der Waals surface area (Å²) in [5.41, 5.74) is -2.56. The van der Waals surface area contributed by atoms with Gasteiger partial charge >= 0.3 is 17.1 Å². The number of hydrogen-bond acceptors (Lipinski definition) is 16. The predicted molar refractivity (Wildman–Crippen MR) is 136 cm³/mol.